The number of likely N-dealkylation sites (tertiary alicyclic amines) is 1. The number of carboxylic acids is 1. The maximum absolute atomic E-state index is 11.9. The molecule has 0 aromatic rings. The number of carbonyl (C=O) groups excluding carboxylic acids is 1. The number of hydrogen-bond acceptors (Lipinski definition) is 2. The molecule has 4 heteroatoms. The normalized spacial score (nSPS) is 24.9. The van der Waals surface area contributed by atoms with E-state index in [1.165, 1.54) is 6.08 Å². The molecule has 100 valence electrons. The highest BCUT2D eigenvalue weighted by Crippen LogP contribution is 2.33. The lowest BCUT2D eigenvalue weighted by Crippen LogP contribution is -2.49. The molecule has 0 aromatic heterocycles. The lowest BCUT2D eigenvalue weighted by molar-refractivity contribution is -0.154. The molecule has 4 nitrogen and oxygen atoms in total. The van der Waals surface area contributed by atoms with Gasteiger partial charge < -0.3 is 10.0 Å². The van der Waals surface area contributed by atoms with E-state index in [-0.39, 0.29) is 5.91 Å². The lowest BCUT2D eigenvalue weighted by Gasteiger charge is -2.39. The zero-order chi connectivity index (χ0) is 13.6. The largest absolute Gasteiger partial charge is 0.481 e. The monoisotopic (exact) mass is 251 g/mol. The fraction of sp³-hybridized carbons (Fsp3) is 0.571. The maximum Gasteiger partial charge on any atom is 0.311 e. The Kier molecular flexibility index (Phi) is 5.13. The molecule has 18 heavy (non-hydrogen) atoms. The van der Waals surface area contributed by atoms with E-state index in [1.807, 2.05) is 19.9 Å². The van der Waals surface area contributed by atoms with E-state index in [0.29, 0.717) is 25.9 Å². The van der Waals surface area contributed by atoms with Gasteiger partial charge in [0.05, 0.1) is 5.41 Å². The number of rotatable bonds is 4. The van der Waals surface area contributed by atoms with Crippen LogP contribution in [0.2, 0.25) is 0 Å². The summed E-state index contributed by atoms with van der Waals surface area (Å²) in [5.41, 5.74) is -0.762. The molecule has 0 radical (unpaired) electrons. The molecule has 1 unspecified atom stereocenters. The Hall–Kier alpha value is -1.58. The van der Waals surface area contributed by atoms with E-state index in [1.54, 1.807) is 17.1 Å². The van der Waals surface area contributed by atoms with Crippen molar-refractivity contribution in [1.29, 1.82) is 0 Å². The molecule has 1 aliphatic rings. The molecule has 0 aliphatic carbocycles. The van der Waals surface area contributed by atoms with Crippen LogP contribution in [0.4, 0.5) is 0 Å². The highest BCUT2D eigenvalue weighted by Gasteiger charge is 2.41. The van der Waals surface area contributed by atoms with Crippen molar-refractivity contribution in [3.63, 3.8) is 0 Å². The first-order chi connectivity index (χ1) is 8.55. The number of amides is 1. The van der Waals surface area contributed by atoms with E-state index in [4.69, 9.17) is 0 Å². The predicted molar refractivity (Wildman–Crippen MR) is 70.1 cm³/mol. The molecule has 1 aliphatic heterocycles. The van der Waals surface area contributed by atoms with Crippen molar-refractivity contribution in [3.05, 3.63) is 24.3 Å². The van der Waals surface area contributed by atoms with Crippen LogP contribution < -0.4 is 0 Å². The first-order valence-electron chi connectivity index (χ1n) is 6.37. The van der Waals surface area contributed by atoms with Gasteiger partial charge in [0.15, 0.2) is 0 Å². The van der Waals surface area contributed by atoms with Crippen molar-refractivity contribution in [1.82, 2.24) is 4.90 Å². The zero-order valence-electron chi connectivity index (χ0n) is 11.1. The van der Waals surface area contributed by atoms with Crippen LogP contribution in [-0.2, 0) is 9.59 Å². The Morgan fingerprint density at radius 1 is 1.39 bits per heavy atom. The fourth-order valence-electron chi connectivity index (χ4n) is 2.29. The van der Waals surface area contributed by atoms with E-state index < -0.39 is 11.4 Å². The van der Waals surface area contributed by atoms with E-state index in [0.717, 1.165) is 6.42 Å². The van der Waals surface area contributed by atoms with Gasteiger partial charge in [0.1, 0.15) is 0 Å². The standard InChI is InChI=1S/C14H21NO3/c1-3-5-6-8-12(16)15-10-7-9-14(4-2,11-15)13(17)18/h3,5-6,8H,4,7,9-11H2,1-2H3,(H,17,18). The van der Waals surface area contributed by atoms with Crippen LogP contribution in [0.5, 0.6) is 0 Å². The van der Waals surface area contributed by atoms with Crippen molar-refractivity contribution in [2.45, 2.75) is 33.1 Å². The van der Waals surface area contributed by atoms with Crippen molar-refractivity contribution in [3.8, 4) is 0 Å². The molecule has 1 atom stereocenters. The molecular weight excluding hydrogens is 230 g/mol. The van der Waals surface area contributed by atoms with Crippen molar-refractivity contribution in [2.75, 3.05) is 13.1 Å². The van der Waals surface area contributed by atoms with Gasteiger partial charge in [0, 0.05) is 19.2 Å². The summed E-state index contributed by atoms with van der Waals surface area (Å²) in [4.78, 5) is 24.9. The van der Waals surface area contributed by atoms with Gasteiger partial charge in [-0.2, -0.15) is 0 Å². The molecular formula is C14H21NO3. The third-order valence-electron chi connectivity index (χ3n) is 3.56. The van der Waals surface area contributed by atoms with Crippen LogP contribution in [0.3, 0.4) is 0 Å². The van der Waals surface area contributed by atoms with Gasteiger partial charge >= 0.3 is 5.97 Å². The Bertz CT molecular complexity index is 373. The topological polar surface area (TPSA) is 57.6 Å². The van der Waals surface area contributed by atoms with Gasteiger partial charge in [0.2, 0.25) is 5.91 Å². The average molecular weight is 251 g/mol. The van der Waals surface area contributed by atoms with Crippen molar-refractivity contribution < 1.29 is 14.7 Å². The third-order valence-corrected chi connectivity index (χ3v) is 3.56. The number of hydrogen-bond donors (Lipinski definition) is 1. The summed E-state index contributed by atoms with van der Waals surface area (Å²) in [5.74, 6) is -0.896. The molecule has 1 amide bonds. The summed E-state index contributed by atoms with van der Waals surface area (Å²) in [6.45, 7) is 4.71. The quantitative estimate of drug-likeness (QED) is 0.615. The smallest absolute Gasteiger partial charge is 0.311 e. The van der Waals surface area contributed by atoms with Gasteiger partial charge in [-0.25, -0.2) is 0 Å². The van der Waals surface area contributed by atoms with Gasteiger partial charge in [-0.3, -0.25) is 9.59 Å². The molecule has 1 heterocycles. The number of piperidine rings is 1. The van der Waals surface area contributed by atoms with Gasteiger partial charge in [-0.05, 0) is 26.2 Å². The summed E-state index contributed by atoms with van der Waals surface area (Å²) in [5, 5.41) is 9.34. The highest BCUT2D eigenvalue weighted by molar-refractivity contribution is 5.88. The number of carboxylic acid groups (broad SMARTS) is 1. The second-order valence-electron chi connectivity index (χ2n) is 4.69. The van der Waals surface area contributed by atoms with Crippen LogP contribution in [0.15, 0.2) is 24.3 Å². The first-order valence-corrected chi connectivity index (χ1v) is 6.37. The average Bonchev–Trinajstić information content (AvgIpc) is 2.38. The molecule has 0 spiro atoms. The molecule has 0 saturated carbocycles. The van der Waals surface area contributed by atoms with Crippen molar-refractivity contribution in [2.24, 2.45) is 5.41 Å². The maximum atomic E-state index is 11.9. The third kappa shape index (κ3) is 3.22. The van der Waals surface area contributed by atoms with Crippen molar-refractivity contribution >= 4 is 11.9 Å². The minimum atomic E-state index is -0.792. The van der Waals surface area contributed by atoms with Crippen LogP contribution >= 0.6 is 0 Å². The zero-order valence-corrected chi connectivity index (χ0v) is 11.1. The Balaban J connectivity index is 2.74. The summed E-state index contributed by atoms with van der Waals surface area (Å²) in [6.07, 6.45) is 8.77. The van der Waals surface area contributed by atoms with Gasteiger partial charge in [0.25, 0.3) is 0 Å². The first kappa shape index (κ1) is 14.5. The van der Waals surface area contributed by atoms with Gasteiger partial charge in [-0.15, -0.1) is 0 Å². The summed E-state index contributed by atoms with van der Waals surface area (Å²) < 4.78 is 0. The van der Waals surface area contributed by atoms with Gasteiger partial charge in [-0.1, -0.05) is 25.2 Å². The van der Waals surface area contributed by atoms with Crippen LogP contribution in [0.25, 0.3) is 0 Å². The molecule has 0 aromatic carbocycles. The minimum absolute atomic E-state index is 0.105. The number of carbonyl (C=O) groups is 2. The molecule has 0 bridgehead atoms. The molecule has 1 saturated heterocycles. The SMILES string of the molecule is CC=CC=CC(=O)N1CCCC(CC)(C(=O)O)C1. The Labute approximate surface area is 108 Å². The van der Waals surface area contributed by atoms with Crippen LogP contribution in [0, 0.1) is 5.41 Å². The highest BCUT2D eigenvalue weighted by atomic mass is 16.4. The van der Waals surface area contributed by atoms with E-state index >= 15 is 0 Å². The summed E-state index contributed by atoms with van der Waals surface area (Å²) in [6, 6.07) is 0. The van der Waals surface area contributed by atoms with E-state index in [9.17, 15) is 14.7 Å². The molecule has 1 fully saturated rings. The summed E-state index contributed by atoms with van der Waals surface area (Å²) in [7, 11) is 0. The summed E-state index contributed by atoms with van der Waals surface area (Å²) >= 11 is 0. The second-order valence-corrected chi connectivity index (χ2v) is 4.69. The van der Waals surface area contributed by atoms with Crippen LogP contribution in [-0.4, -0.2) is 35.0 Å². The fourth-order valence-corrected chi connectivity index (χ4v) is 2.29. The number of nitrogens with zero attached hydrogens (tertiary/aromatic N) is 1. The second kappa shape index (κ2) is 6.38. The Morgan fingerprint density at radius 2 is 2.11 bits per heavy atom. The minimum Gasteiger partial charge on any atom is -0.481 e. The molecule has 1 rings (SSSR count). The number of aliphatic carboxylic acids is 1. The van der Waals surface area contributed by atoms with E-state index in [2.05, 4.69) is 0 Å². The number of allylic oxidation sites excluding steroid dienone is 3. The predicted octanol–water partition coefficient (Wildman–Crippen LogP) is 2.22. The van der Waals surface area contributed by atoms with Crippen LogP contribution in [0.1, 0.15) is 33.1 Å². The lowest BCUT2D eigenvalue weighted by atomic mass is 9.77. The Morgan fingerprint density at radius 3 is 2.67 bits per heavy atom. The molecule has 1 N–H and O–H groups in total.